The summed E-state index contributed by atoms with van der Waals surface area (Å²) in [6, 6.07) is 12.7. The molecule has 0 spiro atoms. The van der Waals surface area contributed by atoms with Crippen LogP contribution in [0.4, 0.5) is 0 Å². The quantitative estimate of drug-likeness (QED) is 0.427. The Morgan fingerprint density at radius 2 is 1.71 bits per heavy atom. The van der Waals surface area contributed by atoms with Crippen LogP contribution in [-0.4, -0.2) is 11.6 Å². The fourth-order valence-corrected chi connectivity index (χ4v) is 4.48. The Hall–Kier alpha value is -1.83. The summed E-state index contributed by atoms with van der Waals surface area (Å²) < 4.78 is 5.66. The van der Waals surface area contributed by atoms with Gasteiger partial charge in [0.15, 0.2) is 0 Å². The number of hydrogen-bond donors (Lipinski definition) is 0. The maximum atomic E-state index is 5.66. The molecule has 1 aromatic heterocycles. The summed E-state index contributed by atoms with van der Waals surface area (Å²) in [7, 11) is 0. The molecule has 2 aromatic rings. The van der Waals surface area contributed by atoms with Gasteiger partial charge in [0.05, 0.1) is 12.3 Å². The van der Waals surface area contributed by atoms with Crippen LogP contribution in [0.3, 0.4) is 0 Å². The molecule has 3 rings (SSSR count). The number of aromatic nitrogens is 1. The summed E-state index contributed by atoms with van der Waals surface area (Å²) in [6.45, 7) is 5.21. The highest BCUT2D eigenvalue weighted by Crippen LogP contribution is 2.34. The van der Waals surface area contributed by atoms with Gasteiger partial charge in [-0.2, -0.15) is 0 Å². The van der Waals surface area contributed by atoms with Gasteiger partial charge in [-0.15, -0.1) is 0 Å². The monoisotopic (exact) mass is 379 g/mol. The van der Waals surface area contributed by atoms with E-state index in [2.05, 4.69) is 44.3 Å². The first-order chi connectivity index (χ1) is 13.8. The fourth-order valence-electron chi connectivity index (χ4n) is 4.48. The molecule has 2 heteroatoms. The number of ether oxygens (including phenoxy) is 1. The van der Waals surface area contributed by atoms with E-state index in [1.807, 2.05) is 12.1 Å². The van der Waals surface area contributed by atoms with Crippen LogP contribution in [0.5, 0.6) is 5.75 Å². The van der Waals surface area contributed by atoms with Crippen LogP contribution in [0.25, 0.3) is 11.3 Å². The van der Waals surface area contributed by atoms with E-state index in [0.717, 1.165) is 41.9 Å². The lowest BCUT2D eigenvalue weighted by Gasteiger charge is -2.29. The van der Waals surface area contributed by atoms with Gasteiger partial charge in [0.25, 0.3) is 0 Å². The summed E-state index contributed by atoms with van der Waals surface area (Å²) in [6.07, 6.45) is 15.6. The van der Waals surface area contributed by atoms with Gasteiger partial charge >= 0.3 is 0 Å². The van der Waals surface area contributed by atoms with Crippen molar-refractivity contribution >= 4 is 0 Å². The van der Waals surface area contributed by atoms with Gasteiger partial charge in [0.1, 0.15) is 5.75 Å². The van der Waals surface area contributed by atoms with E-state index in [0.29, 0.717) is 0 Å². The second-order valence-electron chi connectivity index (χ2n) is 8.50. The van der Waals surface area contributed by atoms with E-state index in [4.69, 9.17) is 9.72 Å². The number of aryl methyl sites for hydroxylation is 1. The number of unbranched alkanes of at least 4 members (excludes halogenated alkanes) is 1. The molecule has 2 atom stereocenters. The van der Waals surface area contributed by atoms with Gasteiger partial charge in [-0.1, -0.05) is 58.4 Å². The predicted octanol–water partition coefficient (Wildman–Crippen LogP) is 7.47. The maximum absolute atomic E-state index is 5.66. The van der Waals surface area contributed by atoms with Gasteiger partial charge in [-0.05, 0) is 73.4 Å². The molecule has 0 amide bonds. The highest BCUT2D eigenvalue weighted by atomic mass is 16.5. The number of benzene rings is 1. The second-order valence-corrected chi connectivity index (χ2v) is 8.50. The largest absolute Gasteiger partial charge is 0.494 e. The number of pyridine rings is 1. The van der Waals surface area contributed by atoms with Crippen molar-refractivity contribution in [3.05, 3.63) is 48.2 Å². The molecular formula is C26H37NO. The summed E-state index contributed by atoms with van der Waals surface area (Å²) in [5.41, 5.74) is 3.58. The zero-order valence-corrected chi connectivity index (χ0v) is 17.8. The molecule has 152 valence electrons. The Kier molecular flexibility index (Phi) is 8.39. The van der Waals surface area contributed by atoms with E-state index in [1.54, 1.807) is 0 Å². The summed E-state index contributed by atoms with van der Waals surface area (Å²) in [4.78, 5) is 4.72. The first-order valence-electron chi connectivity index (χ1n) is 11.5. The Morgan fingerprint density at radius 1 is 0.929 bits per heavy atom. The van der Waals surface area contributed by atoms with Crippen LogP contribution in [-0.2, 0) is 6.42 Å². The lowest BCUT2D eigenvalue weighted by atomic mass is 9.77. The van der Waals surface area contributed by atoms with Gasteiger partial charge in [-0.25, -0.2) is 0 Å². The highest BCUT2D eigenvalue weighted by molar-refractivity contribution is 5.60. The first-order valence-corrected chi connectivity index (χ1v) is 11.5. The topological polar surface area (TPSA) is 22.1 Å². The average Bonchev–Trinajstić information content (AvgIpc) is 2.76. The minimum Gasteiger partial charge on any atom is -0.494 e. The van der Waals surface area contributed by atoms with Crippen LogP contribution in [0.2, 0.25) is 0 Å². The standard InChI is InChI=1S/C26H37NO/c1-3-5-7-21-8-6-9-22(19-21)10-11-23-12-17-26(27-20-23)24-13-15-25(16-14-24)28-18-4-2/h12-17,20-22H,3-11,18-19H2,1-2H3. The van der Waals surface area contributed by atoms with Crippen molar-refractivity contribution in [2.75, 3.05) is 6.61 Å². The Balaban J connectivity index is 1.49. The molecule has 1 heterocycles. The Labute approximate surface area is 171 Å². The maximum Gasteiger partial charge on any atom is 0.119 e. The van der Waals surface area contributed by atoms with Gasteiger partial charge in [-0.3, -0.25) is 4.98 Å². The third kappa shape index (κ3) is 6.36. The van der Waals surface area contributed by atoms with Crippen LogP contribution < -0.4 is 4.74 Å². The second kappa shape index (κ2) is 11.2. The van der Waals surface area contributed by atoms with E-state index in [1.165, 1.54) is 63.4 Å². The molecular weight excluding hydrogens is 342 g/mol. The molecule has 2 nitrogen and oxygen atoms in total. The first kappa shape index (κ1) is 20.9. The average molecular weight is 380 g/mol. The molecule has 1 aromatic carbocycles. The van der Waals surface area contributed by atoms with Crippen molar-refractivity contribution in [1.29, 1.82) is 0 Å². The molecule has 1 aliphatic rings. The van der Waals surface area contributed by atoms with Crippen LogP contribution in [0, 0.1) is 11.8 Å². The minimum atomic E-state index is 0.770. The van der Waals surface area contributed by atoms with Crippen LogP contribution >= 0.6 is 0 Å². The van der Waals surface area contributed by atoms with Gasteiger partial charge in [0, 0.05) is 11.8 Å². The smallest absolute Gasteiger partial charge is 0.119 e. The summed E-state index contributed by atoms with van der Waals surface area (Å²) in [5.74, 6) is 2.85. The molecule has 1 fully saturated rings. The van der Waals surface area contributed by atoms with Crippen LogP contribution in [0.1, 0.15) is 77.2 Å². The predicted molar refractivity (Wildman–Crippen MR) is 119 cm³/mol. The number of rotatable bonds is 10. The molecule has 2 unspecified atom stereocenters. The SMILES string of the molecule is CCCCC1CCCC(CCc2ccc(-c3ccc(OCCC)cc3)nc2)C1. The van der Waals surface area contributed by atoms with Gasteiger partial charge in [0.2, 0.25) is 0 Å². The number of hydrogen-bond acceptors (Lipinski definition) is 2. The Morgan fingerprint density at radius 3 is 2.39 bits per heavy atom. The molecule has 0 aliphatic heterocycles. The van der Waals surface area contributed by atoms with Crippen molar-refractivity contribution in [3.63, 3.8) is 0 Å². The molecule has 0 saturated heterocycles. The molecule has 0 N–H and O–H groups in total. The van der Waals surface area contributed by atoms with E-state index in [-0.39, 0.29) is 0 Å². The molecule has 28 heavy (non-hydrogen) atoms. The molecule has 0 bridgehead atoms. The Bertz CT molecular complexity index is 677. The van der Waals surface area contributed by atoms with Gasteiger partial charge < -0.3 is 4.74 Å². The van der Waals surface area contributed by atoms with Crippen molar-refractivity contribution in [1.82, 2.24) is 4.98 Å². The fraction of sp³-hybridized carbons (Fsp3) is 0.577. The highest BCUT2D eigenvalue weighted by Gasteiger charge is 2.21. The van der Waals surface area contributed by atoms with Crippen LogP contribution in [0.15, 0.2) is 42.6 Å². The van der Waals surface area contributed by atoms with Crippen molar-refractivity contribution in [2.45, 2.75) is 78.1 Å². The number of nitrogens with zero attached hydrogens (tertiary/aromatic N) is 1. The lowest BCUT2D eigenvalue weighted by molar-refractivity contribution is 0.240. The molecule has 1 saturated carbocycles. The minimum absolute atomic E-state index is 0.770. The summed E-state index contributed by atoms with van der Waals surface area (Å²) >= 11 is 0. The van der Waals surface area contributed by atoms with E-state index < -0.39 is 0 Å². The van der Waals surface area contributed by atoms with Crippen molar-refractivity contribution < 1.29 is 4.74 Å². The van der Waals surface area contributed by atoms with Crippen molar-refractivity contribution in [2.24, 2.45) is 11.8 Å². The zero-order valence-electron chi connectivity index (χ0n) is 17.8. The van der Waals surface area contributed by atoms with Crippen molar-refractivity contribution in [3.8, 4) is 17.0 Å². The van der Waals surface area contributed by atoms with E-state index >= 15 is 0 Å². The van der Waals surface area contributed by atoms with E-state index in [9.17, 15) is 0 Å². The zero-order chi connectivity index (χ0) is 19.6. The molecule has 1 aliphatic carbocycles. The normalized spacial score (nSPS) is 19.5. The lowest BCUT2D eigenvalue weighted by Crippen LogP contribution is -2.16. The third-order valence-electron chi connectivity index (χ3n) is 6.15. The summed E-state index contributed by atoms with van der Waals surface area (Å²) in [5, 5.41) is 0. The molecule has 0 radical (unpaired) electrons. The third-order valence-corrected chi connectivity index (χ3v) is 6.15.